The fraction of sp³-hybridized carbons (Fsp3) is 0.333. The van der Waals surface area contributed by atoms with Gasteiger partial charge in [0.25, 0.3) is 5.91 Å². The average Bonchev–Trinajstić information content (AvgIpc) is 3.58. The molecule has 0 aliphatic carbocycles. The Bertz CT molecular complexity index is 1460. The van der Waals surface area contributed by atoms with Gasteiger partial charge in [-0.05, 0) is 35.6 Å². The first kappa shape index (κ1) is 24.0. The molecule has 2 N–H and O–H groups in total. The predicted molar refractivity (Wildman–Crippen MR) is 139 cm³/mol. The second kappa shape index (κ2) is 10.2. The Hall–Kier alpha value is -4.38. The van der Waals surface area contributed by atoms with E-state index in [9.17, 15) is 9.59 Å². The van der Waals surface area contributed by atoms with E-state index in [1.807, 2.05) is 35.0 Å². The molecule has 194 valence electrons. The highest BCUT2D eigenvalue weighted by atomic mass is 16.2. The van der Waals surface area contributed by atoms with Crippen molar-refractivity contribution in [1.82, 2.24) is 40.2 Å². The molecule has 0 unspecified atom stereocenters. The maximum absolute atomic E-state index is 13.4. The minimum absolute atomic E-state index is 0.0350. The van der Waals surface area contributed by atoms with E-state index < -0.39 is 11.9 Å². The first-order valence-corrected chi connectivity index (χ1v) is 12.8. The van der Waals surface area contributed by atoms with E-state index >= 15 is 0 Å². The van der Waals surface area contributed by atoms with Gasteiger partial charge >= 0.3 is 0 Å². The van der Waals surface area contributed by atoms with Gasteiger partial charge in [-0.15, -0.1) is 5.10 Å². The van der Waals surface area contributed by atoms with Crippen LogP contribution in [0, 0.1) is 0 Å². The molecular weight excluding hydrogens is 482 g/mol. The smallest absolute Gasteiger partial charge is 0.291 e. The molecule has 4 heterocycles. The zero-order valence-electron chi connectivity index (χ0n) is 21.2. The van der Waals surface area contributed by atoms with Crippen LogP contribution in [-0.2, 0) is 37.3 Å². The molecular formula is C27H29N9O2. The van der Waals surface area contributed by atoms with Crippen molar-refractivity contribution in [3.05, 3.63) is 89.0 Å². The highest BCUT2D eigenvalue weighted by Gasteiger charge is 2.31. The number of amides is 2. The Morgan fingerprint density at radius 3 is 2.87 bits per heavy atom. The number of H-pyrrole nitrogens is 1. The van der Waals surface area contributed by atoms with Gasteiger partial charge in [0.05, 0.1) is 13.1 Å². The standard InChI is InChI=1S/C27H29N9O2/c1-34-22-13-19(15-35-11-12-36-24(16-35)28-17-29-36)7-8-20(22)9-10-21(27(34)38)30-26(37)25-31-23(32-33-25)14-18-5-3-2-4-6-18/h2-8,13,17,21H,9-12,14-16H2,1H3,(H,30,37)(H,31,32,33)/t21-/m0/s1. The van der Waals surface area contributed by atoms with Gasteiger partial charge in [-0.1, -0.05) is 42.5 Å². The van der Waals surface area contributed by atoms with Gasteiger partial charge in [0, 0.05) is 32.2 Å². The minimum Gasteiger partial charge on any atom is -0.337 e. The van der Waals surface area contributed by atoms with E-state index in [0.29, 0.717) is 25.1 Å². The number of benzene rings is 2. The van der Waals surface area contributed by atoms with Gasteiger partial charge in [-0.2, -0.15) is 5.10 Å². The summed E-state index contributed by atoms with van der Waals surface area (Å²) < 4.78 is 1.94. The van der Waals surface area contributed by atoms with Crippen molar-refractivity contribution in [2.75, 3.05) is 18.5 Å². The quantitative estimate of drug-likeness (QED) is 0.404. The number of aryl methyl sites for hydroxylation is 1. The maximum Gasteiger partial charge on any atom is 0.291 e. The van der Waals surface area contributed by atoms with Gasteiger partial charge in [0.2, 0.25) is 11.7 Å². The van der Waals surface area contributed by atoms with E-state index in [-0.39, 0.29) is 11.7 Å². The van der Waals surface area contributed by atoms with Crippen molar-refractivity contribution in [3.8, 4) is 0 Å². The highest BCUT2D eigenvalue weighted by Crippen LogP contribution is 2.28. The Morgan fingerprint density at radius 1 is 1.13 bits per heavy atom. The summed E-state index contributed by atoms with van der Waals surface area (Å²) in [5, 5.41) is 14.0. The third-order valence-corrected chi connectivity index (χ3v) is 7.19. The fourth-order valence-corrected chi connectivity index (χ4v) is 5.13. The summed E-state index contributed by atoms with van der Waals surface area (Å²) in [6.45, 7) is 3.22. The van der Waals surface area contributed by atoms with Crippen LogP contribution in [0.2, 0.25) is 0 Å². The van der Waals surface area contributed by atoms with Crippen molar-refractivity contribution < 1.29 is 9.59 Å². The van der Waals surface area contributed by atoms with Gasteiger partial charge in [0.15, 0.2) is 0 Å². The summed E-state index contributed by atoms with van der Waals surface area (Å²) in [5.41, 5.74) is 4.16. The second-order valence-electron chi connectivity index (χ2n) is 9.80. The number of hydrogen-bond donors (Lipinski definition) is 2. The molecule has 2 aliphatic heterocycles. The molecule has 2 amide bonds. The molecule has 0 radical (unpaired) electrons. The molecule has 2 aromatic heterocycles. The molecule has 11 nitrogen and oxygen atoms in total. The average molecular weight is 512 g/mol. The number of rotatable bonds is 6. The summed E-state index contributed by atoms with van der Waals surface area (Å²) in [4.78, 5) is 38.9. The Kier molecular flexibility index (Phi) is 6.42. The van der Waals surface area contributed by atoms with Crippen LogP contribution in [0.25, 0.3) is 0 Å². The SMILES string of the molecule is CN1C(=O)[C@@H](NC(=O)c2n[nH]c(Cc3ccccc3)n2)CCc2ccc(CN3CCn4ncnc4C3)cc21. The highest BCUT2D eigenvalue weighted by molar-refractivity contribution is 6.02. The molecule has 2 aromatic carbocycles. The van der Waals surface area contributed by atoms with Crippen LogP contribution in [0.5, 0.6) is 0 Å². The lowest BCUT2D eigenvalue weighted by molar-refractivity contribution is -0.120. The molecule has 1 atom stereocenters. The van der Waals surface area contributed by atoms with Crippen LogP contribution in [0.4, 0.5) is 5.69 Å². The third kappa shape index (κ3) is 4.92. The first-order chi connectivity index (χ1) is 18.5. The molecule has 0 spiro atoms. The molecule has 6 rings (SSSR count). The lowest BCUT2D eigenvalue weighted by Gasteiger charge is -2.27. The van der Waals surface area contributed by atoms with Gasteiger partial charge in [0.1, 0.15) is 24.0 Å². The van der Waals surface area contributed by atoms with Crippen molar-refractivity contribution in [1.29, 1.82) is 0 Å². The predicted octanol–water partition coefficient (Wildman–Crippen LogP) is 1.71. The van der Waals surface area contributed by atoms with E-state index in [1.54, 1.807) is 18.3 Å². The van der Waals surface area contributed by atoms with Crippen LogP contribution in [0.15, 0.2) is 54.9 Å². The van der Waals surface area contributed by atoms with E-state index in [0.717, 1.165) is 54.4 Å². The number of carbonyl (C=O) groups is 2. The van der Waals surface area contributed by atoms with Crippen molar-refractivity contribution in [2.24, 2.45) is 0 Å². The molecule has 11 heteroatoms. The maximum atomic E-state index is 13.4. The lowest BCUT2D eigenvalue weighted by Crippen LogP contribution is -2.47. The summed E-state index contributed by atoms with van der Waals surface area (Å²) in [6.07, 6.45) is 3.32. The zero-order valence-corrected chi connectivity index (χ0v) is 21.2. The van der Waals surface area contributed by atoms with E-state index in [4.69, 9.17) is 0 Å². The number of hydrogen-bond acceptors (Lipinski definition) is 7. The normalized spacial score (nSPS) is 17.6. The molecule has 0 saturated heterocycles. The summed E-state index contributed by atoms with van der Waals surface area (Å²) >= 11 is 0. The minimum atomic E-state index is -0.659. The topological polar surface area (TPSA) is 125 Å². The monoisotopic (exact) mass is 511 g/mol. The molecule has 0 fully saturated rings. The summed E-state index contributed by atoms with van der Waals surface area (Å²) in [5.74, 6) is 0.986. The van der Waals surface area contributed by atoms with Crippen LogP contribution in [-0.4, -0.2) is 66.3 Å². The van der Waals surface area contributed by atoms with Crippen LogP contribution in [0.3, 0.4) is 0 Å². The number of likely N-dealkylation sites (N-methyl/N-ethyl adjacent to an activating group) is 1. The Balaban J connectivity index is 1.11. The van der Waals surface area contributed by atoms with Gasteiger partial charge in [-0.3, -0.25) is 19.6 Å². The molecule has 2 aliphatic rings. The number of aromatic amines is 1. The van der Waals surface area contributed by atoms with Gasteiger partial charge < -0.3 is 10.2 Å². The fourth-order valence-electron chi connectivity index (χ4n) is 5.13. The lowest BCUT2D eigenvalue weighted by atomic mass is 10.0. The first-order valence-electron chi connectivity index (χ1n) is 12.8. The number of fused-ring (bicyclic) bond motifs is 2. The van der Waals surface area contributed by atoms with Crippen molar-refractivity contribution in [3.63, 3.8) is 0 Å². The Labute approximate surface area is 219 Å². The Morgan fingerprint density at radius 2 is 2.00 bits per heavy atom. The molecule has 0 saturated carbocycles. The number of aromatic nitrogens is 6. The summed E-state index contributed by atoms with van der Waals surface area (Å²) in [7, 11) is 1.77. The summed E-state index contributed by atoms with van der Waals surface area (Å²) in [6, 6.07) is 15.5. The zero-order chi connectivity index (χ0) is 26.1. The number of carbonyl (C=O) groups excluding carboxylic acids is 2. The molecule has 38 heavy (non-hydrogen) atoms. The molecule has 0 bridgehead atoms. The number of nitrogens with one attached hydrogen (secondary N) is 2. The van der Waals surface area contributed by atoms with E-state index in [1.165, 1.54) is 0 Å². The third-order valence-electron chi connectivity index (χ3n) is 7.19. The van der Waals surface area contributed by atoms with Gasteiger partial charge in [-0.25, -0.2) is 14.6 Å². The number of anilines is 1. The largest absolute Gasteiger partial charge is 0.337 e. The van der Waals surface area contributed by atoms with Crippen molar-refractivity contribution >= 4 is 17.5 Å². The second-order valence-corrected chi connectivity index (χ2v) is 9.80. The molecule has 4 aromatic rings. The van der Waals surface area contributed by atoms with Crippen LogP contribution in [0.1, 0.15) is 45.4 Å². The van der Waals surface area contributed by atoms with E-state index in [2.05, 4.69) is 53.7 Å². The van der Waals surface area contributed by atoms with Crippen LogP contribution >= 0.6 is 0 Å². The van der Waals surface area contributed by atoms with Crippen LogP contribution < -0.4 is 10.2 Å². The van der Waals surface area contributed by atoms with Crippen molar-refractivity contribution in [2.45, 2.75) is 44.9 Å². The number of nitrogens with zero attached hydrogens (tertiary/aromatic N) is 7.